The first-order chi connectivity index (χ1) is 11.1. The highest BCUT2D eigenvalue weighted by Gasteiger charge is 2.06. The summed E-state index contributed by atoms with van der Waals surface area (Å²) in [5.41, 5.74) is 6.36. The minimum atomic E-state index is -0.236. The summed E-state index contributed by atoms with van der Waals surface area (Å²) in [5.74, 6) is 0.595. The second-order valence-electron chi connectivity index (χ2n) is 5.03. The highest BCUT2D eigenvalue weighted by Crippen LogP contribution is 2.18. The topological polar surface area (TPSA) is 88.0 Å². The lowest BCUT2D eigenvalue weighted by Gasteiger charge is -2.05. The number of anilines is 1. The second kappa shape index (κ2) is 6.27. The minimum Gasteiger partial charge on any atom is -0.278 e. The summed E-state index contributed by atoms with van der Waals surface area (Å²) >= 11 is 0. The summed E-state index contributed by atoms with van der Waals surface area (Å²) in [6.45, 7) is 1.93. The predicted octanol–water partition coefficient (Wildman–Crippen LogP) is 2.01. The van der Waals surface area contributed by atoms with E-state index in [1.54, 1.807) is 19.4 Å². The Bertz CT molecular complexity index is 877. The fraction of sp³-hybridized carbons (Fsp3) is 0.125. The molecular formula is C16H16N6O. The number of hydrazone groups is 1. The van der Waals surface area contributed by atoms with E-state index in [1.165, 1.54) is 4.57 Å². The Morgan fingerprint density at radius 3 is 2.48 bits per heavy atom. The predicted molar refractivity (Wildman–Crippen MR) is 89.3 cm³/mol. The zero-order chi connectivity index (χ0) is 16.2. The van der Waals surface area contributed by atoms with Crippen LogP contribution in [0.15, 0.2) is 58.7 Å². The van der Waals surface area contributed by atoms with Crippen molar-refractivity contribution in [3.63, 3.8) is 0 Å². The molecule has 1 aromatic carbocycles. The molecule has 3 aromatic rings. The van der Waals surface area contributed by atoms with Crippen molar-refractivity contribution in [2.75, 3.05) is 5.43 Å². The summed E-state index contributed by atoms with van der Waals surface area (Å²) in [6, 6.07) is 11.4. The van der Waals surface area contributed by atoms with Gasteiger partial charge in [0.15, 0.2) is 5.82 Å². The third kappa shape index (κ3) is 3.18. The molecule has 0 spiro atoms. The average Bonchev–Trinajstić information content (AvgIpc) is 2.93. The van der Waals surface area contributed by atoms with Crippen LogP contribution in [0.25, 0.3) is 11.4 Å². The summed E-state index contributed by atoms with van der Waals surface area (Å²) in [6.07, 6.45) is 3.47. The molecular weight excluding hydrogens is 292 g/mol. The fourth-order valence-corrected chi connectivity index (χ4v) is 2.11. The number of hydrogen-bond donors (Lipinski definition) is 2. The molecule has 0 saturated carbocycles. The van der Waals surface area contributed by atoms with E-state index in [-0.39, 0.29) is 5.69 Å². The highest BCUT2D eigenvalue weighted by molar-refractivity contribution is 5.98. The standard InChI is InChI=1S/C16H16N6O/c1-11(12-7-9-17-10-8-12)18-19-14-5-3-13(4-6-14)15-20-21-16(23)22(15)2/h3-10,19H,1-2H3,(H,21,23). The number of rotatable bonds is 4. The normalized spacial score (nSPS) is 11.5. The summed E-state index contributed by atoms with van der Waals surface area (Å²) < 4.78 is 1.47. The van der Waals surface area contributed by atoms with Crippen molar-refractivity contribution in [2.24, 2.45) is 12.1 Å². The number of nitrogens with one attached hydrogen (secondary N) is 2. The van der Waals surface area contributed by atoms with Gasteiger partial charge in [0.1, 0.15) is 0 Å². The second-order valence-corrected chi connectivity index (χ2v) is 5.03. The Kier molecular flexibility index (Phi) is 4.01. The third-order valence-corrected chi connectivity index (χ3v) is 3.47. The molecule has 0 atom stereocenters. The van der Waals surface area contributed by atoms with E-state index < -0.39 is 0 Å². The molecule has 23 heavy (non-hydrogen) atoms. The van der Waals surface area contributed by atoms with E-state index in [9.17, 15) is 4.79 Å². The van der Waals surface area contributed by atoms with E-state index in [1.807, 2.05) is 43.3 Å². The lowest BCUT2D eigenvalue weighted by atomic mass is 10.2. The smallest absolute Gasteiger partial charge is 0.278 e. The van der Waals surface area contributed by atoms with Crippen LogP contribution in [-0.2, 0) is 7.05 Å². The molecule has 0 aliphatic rings. The lowest BCUT2D eigenvalue weighted by Crippen LogP contribution is -2.13. The summed E-state index contributed by atoms with van der Waals surface area (Å²) in [7, 11) is 1.68. The molecule has 2 aromatic heterocycles. The molecule has 0 saturated heterocycles. The quantitative estimate of drug-likeness (QED) is 0.570. The molecule has 3 rings (SSSR count). The Hall–Kier alpha value is -3.22. The number of aromatic amines is 1. The van der Waals surface area contributed by atoms with Crippen molar-refractivity contribution in [3.05, 3.63) is 64.8 Å². The van der Waals surface area contributed by atoms with Gasteiger partial charge in [-0.1, -0.05) is 0 Å². The van der Waals surface area contributed by atoms with Crippen LogP contribution >= 0.6 is 0 Å². The summed E-state index contributed by atoms with van der Waals surface area (Å²) in [5, 5.41) is 10.8. The number of benzene rings is 1. The molecule has 0 radical (unpaired) electrons. The van der Waals surface area contributed by atoms with Crippen LogP contribution in [0, 0.1) is 0 Å². The zero-order valence-electron chi connectivity index (χ0n) is 12.8. The van der Waals surface area contributed by atoms with Crippen LogP contribution < -0.4 is 11.1 Å². The van der Waals surface area contributed by atoms with Gasteiger partial charge in [-0.05, 0) is 43.3 Å². The van der Waals surface area contributed by atoms with Gasteiger partial charge in [0.05, 0.1) is 11.4 Å². The van der Waals surface area contributed by atoms with E-state index in [2.05, 4.69) is 25.7 Å². The van der Waals surface area contributed by atoms with Crippen molar-refractivity contribution in [1.82, 2.24) is 19.7 Å². The van der Waals surface area contributed by atoms with Crippen molar-refractivity contribution < 1.29 is 0 Å². The van der Waals surface area contributed by atoms with E-state index in [0.29, 0.717) is 5.82 Å². The molecule has 0 aliphatic carbocycles. The summed E-state index contributed by atoms with van der Waals surface area (Å²) in [4.78, 5) is 15.4. The van der Waals surface area contributed by atoms with Crippen LogP contribution in [-0.4, -0.2) is 25.5 Å². The maximum absolute atomic E-state index is 11.4. The van der Waals surface area contributed by atoms with Crippen LogP contribution in [0.2, 0.25) is 0 Å². The van der Waals surface area contributed by atoms with Crippen LogP contribution in [0.5, 0.6) is 0 Å². The lowest BCUT2D eigenvalue weighted by molar-refractivity contribution is 0.869. The molecule has 2 heterocycles. The van der Waals surface area contributed by atoms with Gasteiger partial charge in [-0.2, -0.15) is 10.2 Å². The monoisotopic (exact) mass is 308 g/mol. The molecule has 0 fully saturated rings. The first-order valence-corrected chi connectivity index (χ1v) is 7.07. The van der Waals surface area contributed by atoms with Gasteiger partial charge in [-0.25, -0.2) is 9.89 Å². The number of aromatic nitrogens is 4. The highest BCUT2D eigenvalue weighted by atomic mass is 16.1. The maximum atomic E-state index is 11.4. The van der Waals surface area contributed by atoms with Crippen molar-refractivity contribution in [2.45, 2.75) is 6.92 Å². The van der Waals surface area contributed by atoms with Crippen molar-refractivity contribution in [1.29, 1.82) is 0 Å². The molecule has 116 valence electrons. The molecule has 0 amide bonds. The largest absolute Gasteiger partial charge is 0.343 e. The number of nitrogens with zero attached hydrogens (tertiary/aromatic N) is 4. The van der Waals surface area contributed by atoms with Gasteiger partial charge in [0, 0.05) is 30.6 Å². The molecule has 0 unspecified atom stereocenters. The maximum Gasteiger partial charge on any atom is 0.343 e. The Balaban J connectivity index is 1.76. The average molecular weight is 308 g/mol. The molecule has 7 heteroatoms. The molecule has 7 nitrogen and oxygen atoms in total. The number of pyridine rings is 1. The number of hydrogen-bond acceptors (Lipinski definition) is 5. The Morgan fingerprint density at radius 1 is 1.17 bits per heavy atom. The van der Waals surface area contributed by atoms with Gasteiger partial charge in [-0.15, -0.1) is 0 Å². The molecule has 0 aliphatic heterocycles. The molecule has 0 bridgehead atoms. The van der Waals surface area contributed by atoms with Gasteiger partial charge in [0.25, 0.3) is 0 Å². The minimum absolute atomic E-state index is 0.236. The first-order valence-electron chi connectivity index (χ1n) is 7.07. The Morgan fingerprint density at radius 2 is 1.87 bits per heavy atom. The fourth-order valence-electron chi connectivity index (χ4n) is 2.11. The molecule has 2 N–H and O–H groups in total. The first kappa shape index (κ1) is 14.7. The van der Waals surface area contributed by atoms with Crippen LogP contribution in [0.3, 0.4) is 0 Å². The third-order valence-electron chi connectivity index (χ3n) is 3.47. The van der Waals surface area contributed by atoms with Crippen LogP contribution in [0.4, 0.5) is 5.69 Å². The van der Waals surface area contributed by atoms with Crippen molar-refractivity contribution >= 4 is 11.4 Å². The van der Waals surface area contributed by atoms with E-state index in [4.69, 9.17) is 0 Å². The van der Waals surface area contributed by atoms with Gasteiger partial charge >= 0.3 is 5.69 Å². The SMILES string of the molecule is CC(=NNc1ccc(-c2n[nH]c(=O)n2C)cc1)c1ccncc1. The van der Waals surface area contributed by atoms with E-state index in [0.717, 1.165) is 22.5 Å². The van der Waals surface area contributed by atoms with Gasteiger partial charge < -0.3 is 0 Å². The van der Waals surface area contributed by atoms with Gasteiger partial charge in [-0.3, -0.25) is 15.0 Å². The van der Waals surface area contributed by atoms with Crippen molar-refractivity contribution in [3.8, 4) is 11.4 Å². The number of H-pyrrole nitrogens is 1. The van der Waals surface area contributed by atoms with Crippen LogP contribution in [0.1, 0.15) is 12.5 Å². The van der Waals surface area contributed by atoms with Gasteiger partial charge in [0.2, 0.25) is 0 Å². The zero-order valence-corrected chi connectivity index (χ0v) is 12.8. The Labute approximate surface area is 132 Å². The van der Waals surface area contributed by atoms with E-state index >= 15 is 0 Å².